The number of aromatic nitrogens is 4. The molecule has 6 N–H and O–H groups in total. The highest BCUT2D eigenvalue weighted by Crippen LogP contribution is 2.40. The van der Waals surface area contributed by atoms with E-state index in [1.807, 2.05) is 88.6 Å². The molecule has 6 amide bonds. The molecule has 1 spiro atoms. The summed E-state index contributed by atoms with van der Waals surface area (Å²) < 4.78 is 13.1. The molecule has 0 bridgehead atoms. The van der Waals surface area contributed by atoms with Gasteiger partial charge in [0.25, 0.3) is 11.8 Å². The van der Waals surface area contributed by atoms with Gasteiger partial charge in [0.2, 0.25) is 17.8 Å². The molecule has 3 aromatic heterocycles. The standard InChI is InChI=1S/C28H31N7O4.C15H22N4O2.C13H18N4O2.C3H8/c1-3-39-27(38)32-13-10-20(11-14-32)23-5-4-12-35-24(23)30-26(31-35)29-22-8-6-21(7-9-22)25(37)34-17-28(18-34)15-33(16-28)19(2)36;1-17(2)15(21)13-10-19(9-8-18(13)3)14(20)11-4-6-12(16)7-5-11;1-2-19-13(18)16-8-5-10(6-9-16)11-4-3-7-17(15)12(11)14;1-3-2/h4-10,12H,3,11,13-18H2,1-2H3,(H,29,31);4-7,13H,8-10,16H2,1-3H3;3-5,7,14H,2,6,8-9,15H2,1H3;3H2,1-2H3. The average molecular weight is 1130 g/mol. The number of nitrogen functional groups attached to an aromatic ring is 2. The van der Waals surface area contributed by atoms with Crippen molar-refractivity contribution in [3.63, 3.8) is 0 Å². The van der Waals surface area contributed by atoms with Gasteiger partial charge in [-0.1, -0.05) is 32.4 Å². The lowest BCUT2D eigenvalue weighted by Gasteiger charge is -2.60. The largest absolute Gasteiger partial charge is 0.450 e. The van der Waals surface area contributed by atoms with Crippen LogP contribution in [-0.2, 0) is 19.1 Å². The van der Waals surface area contributed by atoms with Crippen molar-refractivity contribution in [3.05, 3.63) is 125 Å². The Morgan fingerprint density at radius 1 is 0.707 bits per heavy atom. The Morgan fingerprint density at radius 3 is 1.77 bits per heavy atom. The van der Waals surface area contributed by atoms with Gasteiger partial charge in [0.05, 0.1) is 13.2 Å². The molecule has 0 radical (unpaired) electrons. The Morgan fingerprint density at radius 2 is 1.23 bits per heavy atom. The van der Waals surface area contributed by atoms with Gasteiger partial charge in [-0.3, -0.25) is 34.2 Å². The minimum absolute atomic E-state index is 0.00576. The first kappa shape index (κ1) is 60.9. The van der Waals surface area contributed by atoms with Crippen LogP contribution in [0.25, 0.3) is 16.8 Å². The zero-order valence-electron chi connectivity index (χ0n) is 48.5. The lowest BCUT2D eigenvalue weighted by Crippen LogP contribution is -2.73. The Kier molecular flexibility index (Phi) is 20.5. The number of ether oxygens (including phenoxy) is 2. The molecule has 2 aromatic carbocycles. The third-order valence-corrected chi connectivity index (χ3v) is 14.6. The van der Waals surface area contributed by atoms with Crippen molar-refractivity contribution in [1.82, 2.24) is 53.6 Å². The van der Waals surface area contributed by atoms with E-state index in [4.69, 9.17) is 31.4 Å². The lowest BCUT2D eigenvalue weighted by atomic mass is 9.72. The zero-order chi connectivity index (χ0) is 59.3. The number of anilines is 3. The van der Waals surface area contributed by atoms with E-state index in [1.54, 1.807) is 89.4 Å². The predicted octanol–water partition coefficient (Wildman–Crippen LogP) is 5.48. The number of piperazine rings is 1. The molecular formula is C59H79N15O8. The summed E-state index contributed by atoms with van der Waals surface area (Å²) >= 11 is 0. The van der Waals surface area contributed by atoms with Crippen molar-refractivity contribution in [2.75, 3.05) is 123 Å². The molecule has 0 aliphatic carbocycles. The van der Waals surface area contributed by atoms with Gasteiger partial charge in [0.1, 0.15) is 6.04 Å². The average Bonchev–Trinajstić information content (AvgIpc) is 3.99. The highest BCUT2D eigenvalue weighted by atomic mass is 16.6. The number of likely N-dealkylation sites (N-methyl/N-ethyl adjacent to an activating group) is 2. The van der Waals surface area contributed by atoms with E-state index in [0.29, 0.717) is 108 Å². The quantitative estimate of drug-likeness (QED) is 0.105. The van der Waals surface area contributed by atoms with E-state index in [1.165, 1.54) is 11.1 Å². The SMILES string of the molecule is CCC.CCOC(=O)N1CC=C(c2cccn(N)c2=N)CC1.CCOC(=O)N1CC=C(c2cccn3nc(Nc4ccc(C(=O)N5CC6(CN(C(C)=O)C6)C5)cc4)nc23)CC1.CN(C)C(=O)C1CN(C(=O)c2ccc(N)cc2)CCN1C. The van der Waals surface area contributed by atoms with Gasteiger partial charge in [0, 0.05) is 144 Å². The van der Waals surface area contributed by atoms with Crippen molar-refractivity contribution in [2.24, 2.45) is 5.41 Å². The third kappa shape index (κ3) is 14.8. The van der Waals surface area contributed by atoms with Gasteiger partial charge < -0.3 is 55.8 Å². The maximum Gasteiger partial charge on any atom is 0.410 e. The van der Waals surface area contributed by atoms with Crippen LogP contribution in [0.1, 0.15) is 85.7 Å². The number of pyridine rings is 2. The Bertz CT molecular complexity index is 3190. The number of benzene rings is 2. The molecule has 23 heteroatoms. The molecule has 5 aromatic rings. The van der Waals surface area contributed by atoms with Crippen LogP contribution in [0.4, 0.5) is 26.9 Å². The highest BCUT2D eigenvalue weighted by Gasteiger charge is 2.54. The number of rotatable bonds is 9. The highest BCUT2D eigenvalue weighted by molar-refractivity contribution is 5.96. The van der Waals surface area contributed by atoms with Gasteiger partial charge >= 0.3 is 12.2 Å². The summed E-state index contributed by atoms with van der Waals surface area (Å²) in [6, 6.07) is 21.5. The third-order valence-electron chi connectivity index (χ3n) is 14.6. The summed E-state index contributed by atoms with van der Waals surface area (Å²) in [7, 11) is 5.38. The Hall–Kier alpha value is -8.73. The summed E-state index contributed by atoms with van der Waals surface area (Å²) in [5.41, 5.74) is 13.3. The van der Waals surface area contributed by atoms with Crippen LogP contribution in [-0.4, -0.2) is 202 Å². The number of amides is 6. The van der Waals surface area contributed by atoms with Gasteiger partial charge in [-0.15, -0.1) is 5.10 Å². The Balaban J connectivity index is 0.000000190. The van der Waals surface area contributed by atoms with E-state index >= 15 is 0 Å². The molecule has 5 aliphatic heterocycles. The van der Waals surface area contributed by atoms with Gasteiger partial charge in [0.15, 0.2) is 11.1 Å². The molecule has 5 aliphatic rings. The molecule has 82 heavy (non-hydrogen) atoms. The molecule has 3 saturated heterocycles. The molecule has 23 nitrogen and oxygen atoms in total. The molecule has 438 valence electrons. The fraction of sp³-hybridized carbons (Fsp3) is 0.441. The van der Waals surface area contributed by atoms with E-state index in [9.17, 15) is 28.8 Å². The number of carbonyl (C=O) groups excluding carboxylic acids is 6. The predicted molar refractivity (Wildman–Crippen MR) is 314 cm³/mol. The van der Waals surface area contributed by atoms with Crippen molar-refractivity contribution in [1.29, 1.82) is 5.41 Å². The number of nitrogens with one attached hydrogen (secondary N) is 2. The molecular weight excluding hydrogens is 1050 g/mol. The molecule has 10 rings (SSSR count). The van der Waals surface area contributed by atoms with Gasteiger partial charge in [-0.05, 0) is 118 Å². The number of likely N-dealkylation sites (tertiary alicyclic amines) is 2. The molecule has 0 saturated carbocycles. The lowest BCUT2D eigenvalue weighted by molar-refractivity contribution is -0.152. The fourth-order valence-corrected chi connectivity index (χ4v) is 10.1. The fourth-order valence-electron chi connectivity index (χ4n) is 10.1. The van der Waals surface area contributed by atoms with Crippen LogP contribution in [0.2, 0.25) is 0 Å². The number of nitrogens with two attached hydrogens (primary N) is 2. The minimum Gasteiger partial charge on any atom is -0.450 e. The van der Waals surface area contributed by atoms with Crippen LogP contribution in [0.15, 0.2) is 97.3 Å². The second-order valence-electron chi connectivity index (χ2n) is 21.1. The Labute approximate surface area is 479 Å². The van der Waals surface area contributed by atoms with E-state index < -0.39 is 0 Å². The van der Waals surface area contributed by atoms with Gasteiger partial charge in [-0.25, -0.2) is 14.1 Å². The van der Waals surface area contributed by atoms with Crippen LogP contribution < -0.4 is 22.4 Å². The molecule has 1 atom stereocenters. The topological polar surface area (TPSA) is 267 Å². The van der Waals surface area contributed by atoms with Crippen LogP contribution in [0.3, 0.4) is 0 Å². The first-order chi connectivity index (χ1) is 39.3. The van der Waals surface area contributed by atoms with E-state index in [2.05, 4.69) is 24.3 Å². The minimum atomic E-state index is -0.291. The summed E-state index contributed by atoms with van der Waals surface area (Å²) in [6.07, 6.45) is 9.56. The van der Waals surface area contributed by atoms with Crippen LogP contribution in [0, 0.1) is 10.8 Å². The molecule has 8 heterocycles. The summed E-state index contributed by atoms with van der Waals surface area (Å²) in [4.78, 5) is 89.7. The maximum atomic E-state index is 12.9. The number of fused-ring (bicyclic) bond motifs is 1. The molecule has 3 fully saturated rings. The molecule has 1 unspecified atom stereocenters. The number of hydrogen-bond donors (Lipinski definition) is 4. The normalized spacial score (nSPS) is 17.2. The van der Waals surface area contributed by atoms with Crippen molar-refractivity contribution >= 4 is 69.9 Å². The number of nitrogens with zero attached hydrogens (tertiary/aromatic N) is 11. The van der Waals surface area contributed by atoms with Crippen molar-refractivity contribution in [3.8, 4) is 0 Å². The van der Waals surface area contributed by atoms with Crippen molar-refractivity contribution in [2.45, 2.75) is 59.9 Å². The van der Waals surface area contributed by atoms with Gasteiger partial charge in [-0.2, -0.15) is 4.98 Å². The summed E-state index contributed by atoms with van der Waals surface area (Å²) in [5, 5.41) is 15.7. The van der Waals surface area contributed by atoms with E-state index in [-0.39, 0.29) is 52.8 Å². The maximum absolute atomic E-state index is 12.9. The number of hydrogen-bond acceptors (Lipinski definition) is 15. The number of carbonyl (C=O) groups is 6. The second kappa shape index (κ2) is 27.6. The first-order valence-electron chi connectivity index (χ1n) is 27.9. The monoisotopic (exact) mass is 1130 g/mol. The smallest absolute Gasteiger partial charge is 0.410 e. The van der Waals surface area contributed by atoms with Crippen molar-refractivity contribution < 1.29 is 38.2 Å². The van der Waals surface area contributed by atoms with Crippen LogP contribution >= 0.6 is 0 Å². The first-order valence-corrected chi connectivity index (χ1v) is 27.9. The summed E-state index contributed by atoms with van der Waals surface area (Å²) in [5.74, 6) is 6.18. The summed E-state index contributed by atoms with van der Waals surface area (Å²) in [6.45, 7) is 17.0. The second-order valence-corrected chi connectivity index (χ2v) is 21.1. The zero-order valence-corrected chi connectivity index (χ0v) is 48.5. The van der Waals surface area contributed by atoms with Crippen LogP contribution in [0.5, 0.6) is 0 Å². The van der Waals surface area contributed by atoms with E-state index in [0.717, 1.165) is 46.7 Å².